The monoisotopic (exact) mass is 688 g/mol. The van der Waals surface area contributed by atoms with Crippen LogP contribution in [0.2, 0.25) is 0 Å². The third kappa shape index (κ3) is 7.02. The minimum absolute atomic E-state index is 1.13. The van der Waals surface area contributed by atoms with Gasteiger partial charge in [0.15, 0.2) is 0 Å². The summed E-state index contributed by atoms with van der Waals surface area (Å²) < 4.78 is 2.41. The molecule has 0 spiro atoms. The van der Waals surface area contributed by atoms with E-state index < -0.39 is 0 Å². The molecule has 8 rings (SSSR count). The first-order valence-electron chi connectivity index (χ1n) is 19.4. The highest BCUT2D eigenvalue weighted by molar-refractivity contribution is 6.09. The zero-order valence-electron chi connectivity index (χ0n) is 31.2. The van der Waals surface area contributed by atoms with Crippen LogP contribution in [0, 0.1) is 6.92 Å². The molecule has 0 radical (unpaired) electrons. The molecule has 1 heterocycles. The number of unbranched alkanes of at least 4 members (excludes halogenated alkanes) is 2. The van der Waals surface area contributed by atoms with Gasteiger partial charge < -0.3 is 9.47 Å². The highest BCUT2D eigenvalue weighted by atomic mass is 15.1. The molecule has 0 aliphatic heterocycles. The third-order valence-corrected chi connectivity index (χ3v) is 10.7. The molecule has 0 fully saturated rings. The Balaban J connectivity index is 1.04. The molecular weight excluding hydrogens is 641 g/mol. The summed E-state index contributed by atoms with van der Waals surface area (Å²) >= 11 is 0. The van der Waals surface area contributed by atoms with Crippen molar-refractivity contribution in [3.05, 3.63) is 180 Å². The lowest BCUT2D eigenvalue weighted by molar-refractivity contribution is 0.795. The van der Waals surface area contributed by atoms with Crippen molar-refractivity contribution >= 4 is 38.9 Å². The van der Waals surface area contributed by atoms with Crippen LogP contribution in [0.15, 0.2) is 164 Å². The van der Waals surface area contributed by atoms with Gasteiger partial charge in [0.1, 0.15) is 0 Å². The maximum Gasteiger partial charge on any atom is 0.0541 e. The second-order valence-electron chi connectivity index (χ2n) is 14.4. The fraction of sp³-hybridized carbons (Fsp3) is 0.176. The number of aryl methyl sites for hydroxylation is 3. The SMILES string of the molecule is CCCCc1ccc(N(c2ccc(-c3ccc(-c4ccc(-n5c6ccccc6c6cc(CCCC)ccc65)cc4)cc3)cc2)c2ccccc2C)cc1. The molecule has 8 aromatic rings. The summed E-state index contributed by atoms with van der Waals surface area (Å²) in [5.41, 5.74) is 16.1. The van der Waals surface area contributed by atoms with Gasteiger partial charge in [0.25, 0.3) is 0 Å². The number of hydrogen-bond donors (Lipinski definition) is 0. The Bertz CT molecular complexity index is 2450. The molecule has 0 saturated carbocycles. The van der Waals surface area contributed by atoms with Crippen LogP contribution in [0.1, 0.15) is 56.2 Å². The van der Waals surface area contributed by atoms with Crippen molar-refractivity contribution in [2.24, 2.45) is 0 Å². The molecule has 0 aliphatic rings. The fourth-order valence-electron chi connectivity index (χ4n) is 7.73. The third-order valence-electron chi connectivity index (χ3n) is 10.7. The molecule has 262 valence electrons. The topological polar surface area (TPSA) is 8.17 Å². The number of rotatable bonds is 12. The van der Waals surface area contributed by atoms with Crippen LogP contribution in [0.5, 0.6) is 0 Å². The van der Waals surface area contributed by atoms with Crippen LogP contribution in [-0.2, 0) is 12.8 Å². The van der Waals surface area contributed by atoms with Crippen LogP contribution in [0.4, 0.5) is 17.1 Å². The van der Waals surface area contributed by atoms with Gasteiger partial charge in [-0.25, -0.2) is 0 Å². The van der Waals surface area contributed by atoms with E-state index >= 15 is 0 Å². The van der Waals surface area contributed by atoms with Crippen molar-refractivity contribution in [1.82, 2.24) is 4.57 Å². The maximum absolute atomic E-state index is 2.41. The van der Waals surface area contributed by atoms with Gasteiger partial charge in [-0.3, -0.25) is 0 Å². The smallest absolute Gasteiger partial charge is 0.0541 e. The van der Waals surface area contributed by atoms with E-state index in [4.69, 9.17) is 0 Å². The molecule has 0 saturated heterocycles. The number of nitrogens with zero attached hydrogens (tertiary/aromatic N) is 2. The fourth-order valence-corrected chi connectivity index (χ4v) is 7.73. The van der Waals surface area contributed by atoms with Crippen LogP contribution in [0.3, 0.4) is 0 Å². The number of hydrogen-bond acceptors (Lipinski definition) is 1. The highest BCUT2D eigenvalue weighted by Gasteiger charge is 2.16. The molecule has 2 heteroatoms. The summed E-state index contributed by atoms with van der Waals surface area (Å²) in [5, 5.41) is 2.65. The Kier molecular flexibility index (Phi) is 9.95. The lowest BCUT2D eigenvalue weighted by Gasteiger charge is -2.27. The van der Waals surface area contributed by atoms with Gasteiger partial charge in [-0.15, -0.1) is 0 Å². The molecule has 0 bridgehead atoms. The summed E-state index contributed by atoms with van der Waals surface area (Å²) in [6.45, 7) is 6.70. The van der Waals surface area contributed by atoms with Crippen LogP contribution in [-0.4, -0.2) is 4.57 Å². The van der Waals surface area contributed by atoms with Crippen LogP contribution in [0.25, 0.3) is 49.7 Å². The van der Waals surface area contributed by atoms with E-state index in [1.54, 1.807) is 0 Å². The van der Waals surface area contributed by atoms with Crippen molar-refractivity contribution in [3.8, 4) is 27.9 Å². The Morgan fingerprint density at radius 1 is 0.453 bits per heavy atom. The van der Waals surface area contributed by atoms with Crippen LogP contribution >= 0.6 is 0 Å². The predicted molar refractivity (Wildman–Crippen MR) is 228 cm³/mol. The molecule has 0 amide bonds. The quantitative estimate of drug-likeness (QED) is 0.124. The largest absolute Gasteiger partial charge is 0.310 e. The van der Waals surface area contributed by atoms with E-state index in [0.717, 1.165) is 18.5 Å². The van der Waals surface area contributed by atoms with Gasteiger partial charge in [0.2, 0.25) is 0 Å². The molecule has 1 aromatic heterocycles. The minimum atomic E-state index is 1.13. The second-order valence-corrected chi connectivity index (χ2v) is 14.4. The second kappa shape index (κ2) is 15.4. The van der Waals surface area contributed by atoms with E-state index in [9.17, 15) is 0 Å². The van der Waals surface area contributed by atoms with Crippen LogP contribution < -0.4 is 4.90 Å². The lowest BCUT2D eigenvalue weighted by atomic mass is 9.99. The van der Waals surface area contributed by atoms with E-state index in [-0.39, 0.29) is 0 Å². The predicted octanol–water partition coefficient (Wildman–Crippen LogP) is 14.6. The normalized spacial score (nSPS) is 11.4. The van der Waals surface area contributed by atoms with Crippen molar-refractivity contribution in [2.75, 3.05) is 4.90 Å². The number of aromatic nitrogens is 1. The molecule has 53 heavy (non-hydrogen) atoms. The Hall–Kier alpha value is -5.86. The number of para-hydroxylation sites is 2. The van der Waals surface area contributed by atoms with Crippen molar-refractivity contribution in [2.45, 2.75) is 59.3 Å². The Morgan fingerprint density at radius 3 is 1.57 bits per heavy atom. The van der Waals surface area contributed by atoms with Gasteiger partial charge in [-0.1, -0.05) is 130 Å². The number of fused-ring (bicyclic) bond motifs is 3. The molecular formula is C51H48N2. The minimum Gasteiger partial charge on any atom is -0.310 e. The first kappa shape index (κ1) is 34.2. The Labute approximate surface area is 315 Å². The maximum atomic E-state index is 2.41. The molecule has 0 unspecified atom stereocenters. The summed E-state index contributed by atoms with van der Waals surface area (Å²) in [6.07, 6.45) is 7.13. The summed E-state index contributed by atoms with van der Waals surface area (Å²) in [4.78, 5) is 2.37. The van der Waals surface area contributed by atoms with Crippen molar-refractivity contribution in [3.63, 3.8) is 0 Å². The van der Waals surface area contributed by atoms with Crippen molar-refractivity contribution in [1.29, 1.82) is 0 Å². The number of anilines is 3. The zero-order valence-corrected chi connectivity index (χ0v) is 31.2. The van der Waals surface area contributed by atoms with Gasteiger partial charge in [-0.2, -0.15) is 0 Å². The summed E-state index contributed by atoms with van der Waals surface area (Å²) in [7, 11) is 0. The van der Waals surface area contributed by atoms with E-state index in [0.29, 0.717) is 0 Å². The average Bonchev–Trinajstić information content (AvgIpc) is 3.54. The molecule has 2 nitrogen and oxygen atoms in total. The van der Waals surface area contributed by atoms with E-state index in [1.165, 1.54) is 103 Å². The highest BCUT2D eigenvalue weighted by Crippen LogP contribution is 2.38. The number of benzene rings is 7. The Morgan fingerprint density at radius 2 is 0.943 bits per heavy atom. The summed E-state index contributed by atoms with van der Waals surface area (Å²) in [5.74, 6) is 0. The van der Waals surface area contributed by atoms with Gasteiger partial charge in [-0.05, 0) is 132 Å². The van der Waals surface area contributed by atoms with Crippen molar-refractivity contribution < 1.29 is 0 Å². The standard InChI is InChI=1S/C51H48N2/c1-4-6-13-38-18-29-44(30-19-38)52(49-16-10-8-12-37(49)3)45-31-25-42(26-32-45)40-21-23-41(24-22-40)43-27-33-46(34-28-43)53-50-17-11-9-15-47(50)48-36-39(14-7-5-2)20-35-51(48)53/h8-12,15-36H,4-7,13-14H2,1-3H3. The first-order chi connectivity index (χ1) is 26.1. The zero-order chi connectivity index (χ0) is 36.1. The molecule has 0 atom stereocenters. The van der Waals surface area contributed by atoms with E-state index in [1.807, 2.05) is 0 Å². The van der Waals surface area contributed by atoms with Gasteiger partial charge in [0, 0.05) is 33.5 Å². The van der Waals surface area contributed by atoms with Gasteiger partial charge >= 0.3 is 0 Å². The molecule has 0 N–H and O–H groups in total. The van der Waals surface area contributed by atoms with E-state index in [2.05, 4.69) is 194 Å². The first-order valence-corrected chi connectivity index (χ1v) is 19.4. The molecule has 0 aliphatic carbocycles. The summed E-state index contributed by atoms with van der Waals surface area (Å²) in [6, 6.07) is 60.6. The lowest BCUT2D eigenvalue weighted by Crippen LogP contribution is -2.11. The average molecular weight is 689 g/mol. The molecule has 7 aromatic carbocycles. The van der Waals surface area contributed by atoms with Gasteiger partial charge in [0.05, 0.1) is 11.0 Å².